The summed E-state index contributed by atoms with van der Waals surface area (Å²) < 4.78 is 16.7. The molecule has 2 atom stereocenters. The minimum Gasteiger partial charge on any atom is -0.441 e. The minimum absolute atomic E-state index is 0.100. The van der Waals surface area contributed by atoms with Crippen molar-refractivity contribution >= 4 is 28.3 Å². The van der Waals surface area contributed by atoms with Gasteiger partial charge in [-0.15, -0.1) is 0 Å². The first kappa shape index (κ1) is 14.0. The fourth-order valence-corrected chi connectivity index (χ4v) is 4.57. The van der Waals surface area contributed by atoms with E-state index >= 15 is 0 Å². The maximum Gasteiger partial charge on any atom is 0.415 e. The highest BCUT2D eigenvalue weighted by molar-refractivity contribution is 7.85. The van der Waals surface area contributed by atoms with Gasteiger partial charge in [0.1, 0.15) is 6.10 Å². The number of aliphatic hydroxyl groups is 1. The molecule has 0 unspecified atom stereocenters. The number of ether oxygens (including phenoxy) is 1. The summed E-state index contributed by atoms with van der Waals surface area (Å²) in [5.74, 6) is 1.43. The lowest BCUT2D eigenvalue weighted by molar-refractivity contribution is 0.0830. The maximum absolute atomic E-state index is 12.0. The second-order valence-corrected chi connectivity index (χ2v) is 7.59. The molecule has 0 bridgehead atoms. The highest BCUT2D eigenvalue weighted by atomic mass is 32.2. The fraction of sp³-hybridized carbons (Fsp3) is 0.533. The van der Waals surface area contributed by atoms with Gasteiger partial charge in [-0.1, -0.05) is 0 Å². The molecule has 7 heteroatoms. The Labute approximate surface area is 131 Å². The van der Waals surface area contributed by atoms with Gasteiger partial charge in [0.25, 0.3) is 0 Å². The maximum atomic E-state index is 12.0. The molecule has 3 heterocycles. The SMILES string of the molecule is O=C1O[C@@H](CO)[C@@H]2Cc3cc(N4CCS(=O)CC4)ccc3N12. The zero-order valence-electron chi connectivity index (χ0n) is 12.1. The number of carbonyl (C=O) groups excluding carboxylic acids is 1. The second-order valence-electron chi connectivity index (χ2n) is 5.89. The van der Waals surface area contributed by atoms with Crippen LogP contribution in [0.3, 0.4) is 0 Å². The Morgan fingerprint density at radius 3 is 2.82 bits per heavy atom. The summed E-state index contributed by atoms with van der Waals surface area (Å²) in [5, 5.41) is 9.35. The topological polar surface area (TPSA) is 70.1 Å². The summed E-state index contributed by atoms with van der Waals surface area (Å²) in [6, 6.07) is 5.98. The van der Waals surface area contributed by atoms with E-state index in [2.05, 4.69) is 11.0 Å². The molecule has 1 aromatic rings. The van der Waals surface area contributed by atoms with Crippen LogP contribution in [0.4, 0.5) is 16.2 Å². The van der Waals surface area contributed by atoms with E-state index in [1.54, 1.807) is 4.90 Å². The van der Waals surface area contributed by atoms with Crippen LogP contribution in [0.5, 0.6) is 0 Å². The minimum atomic E-state index is -0.687. The number of aliphatic hydroxyl groups excluding tert-OH is 1. The molecule has 3 aliphatic rings. The average Bonchev–Trinajstić information content (AvgIpc) is 3.05. The summed E-state index contributed by atoms with van der Waals surface area (Å²) in [6.07, 6.45) is -0.107. The third kappa shape index (κ3) is 2.11. The van der Waals surface area contributed by atoms with Crippen LogP contribution in [0.25, 0.3) is 0 Å². The van der Waals surface area contributed by atoms with Crippen molar-refractivity contribution in [1.82, 2.24) is 0 Å². The van der Waals surface area contributed by atoms with Crippen LogP contribution < -0.4 is 9.80 Å². The van der Waals surface area contributed by atoms with Crippen LogP contribution in [0.2, 0.25) is 0 Å². The molecule has 3 aliphatic heterocycles. The van der Waals surface area contributed by atoms with Gasteiger partial charge in [-0.25, -0.2) is 4.79 Å². The van der Waals surface area contributed by atoms with Gasteiger partial charge < -0.3 is 14.7 Å². The lowest BCUT2D eigenvalue weighted by Crippen LogP contribution is -2.37. The van der Waals surface area contributed by atoms with Crippen LogP contribution in [-0.2, 0) is 22.0 Å². The Hall–Kier alpha value is -1.60. The smallest absolute Gasteiger partial charge is 0.415 e. The largest absolute Gasteiger partial charge is 0.441 e. The molecule has 0 spiro atoms. The van der Waals surface area contributed by atoms with Crippen LogP contribution in [0, 0.1) is 0 Å². The van der Waals surface area contributed by atoms with Crippen LogP contribution in [-0.4, -0.2) is 58.8 Å². The Bertz CT molecular complexity index is 640. The second kappa shape index (κ2) is 5.24. The normalized spacial score (nSPS) is 27.8. The van der Waals surface area contributed by atoms with Crippen molar-refractivity contribution < 1.29 is 18.8 Å². The number of amides is 1. The lowest BCUT2D eigenvalue weighted by atomic mass is 10.1. The quantitative estimate of drug-likeness (QED) is 0.858. The average molecular weight is 322 g/mol. The van der Waals surface area contributed by atoms with E-state index in [1.165, 1.54) is 0 Å². The number of hydrogen-bond donors (Lipinski definition) is 1. The predicted octanol–water partition coefficient (Wildman–Crippen LogP) is 0.497. The molecule has 1 N–H and O–H groups in total. The van der Waals surface area contributed by atoms with Crippen molar-refractivity contribution in [3.8, 4) is 0 Å². The molecule has 0 radical (unpaired) electrons. The number of nitrogens with zero attached hydrogens (tertiary/aromatic N) is 2. The summed E-state index contributed by atoms with van der Waals surface area (Å²) in [7, 11) is -0.687. The Morgan fingerprint density at radius 1 is 1.32 bits per heavy atom. The summed E-state index contributed by atoms with van der Waals surface area (Å²) in [4.78, 5) is 15.9. The van der Waals surface area contributed by atoms with Gasteiger partial charge in [0.2, 0.25) is 0 Å². The van der Waals surface area contributed by atoms with E-state index in [4.69, 9.17) is 4.74 Å². The van der Waals surface area contributed by atoms with Crippen molar-refractivity contribution in [1.29, 1.82) is 0 Å². The first-order valence-corrected chi connectivity index (χ1v) is 9.00. The van der Waals surface area contributed by atoms with E-state index in [-0.39, 0.29) is 18.7 Å². The van der Waals surface area contributed by atoms with E-state index in [0.717, 1.165) is 30.0 Å². The summed E-state index contributed by atoms with van der Waals surface area (Å²) in [5.41, 5.74) is 3.12. The van der Waals surface area contributed by atoms with Crippen molar-refractivity contribution in [2.24, 2.45) is 0 Å². The molecule has 0 aliphatic carbocycles. The first-order chi connectivity index (χ1) is 10.7. The van der Waals surface area contributed by atoms with E-state index < -0.39 is 16.9 Å². The first-order valence-electron chi connectivity index (χ1n) is 7.51. The number of cyclic esters (lactones) is 1. The zero-order valence-corrected chi connectivity index (χ0v) is 12.9. The number of rotatable bonds is 2. The van der Waals surface area contributed by atoms with Crippen LogP contribution in [0.1, 0.15) is 5.56 Å². The molecular formula is C15H18N2O4S. The van der Waals surface area contributed by atoms with Crippen LogP contribution in [0.15, 0.2) is 18.2 Å². The van der Waals surface area contributed by atoms with Crippen molar-refractivity contribution in [2.45, 2.75) is 18.6 Å². The highest BCUT2D eigenvalue weighted by Crippen LogP contribution is 2.40. The monoisotopic (exact) mass is 322 g/mol. The highest BCUT2D eigenvalue weighted by Gasteiger charge is 2.47. The summed E-state index contributed by atoms with van der Waals surface area (Å²) >= 11 is 0. The van der Waals surface area contributed by atoms with Gasteiger partial charge in [-0.3, -0.25) is 9.11 Å². The van der Waals surface area contributed by atoms with E-state index in [0.29, 0.717) is 17.9 Å². The Balaban J connectivity index is 1.61. The molecule has 2 fully saturated rings. The van der Waals surface area contributed by atoms with Gasteiger partial charge in [-0.05, 0) is 30.2 Å². The van der Waals surface area contributed by atoms with E-state index in [9.17, 15) is 14.1 Å². The lowest BCUT2D eigenvalue weighted by Gasteiger charge is -2.29. The molecule has 22 heavy (non-hydrogen) atoms. The number of carbonyl (C=O) groups is 1. The number of benzene rings is 1. The van der Waals surface area contributed by atoms with Crippen molar-refractivity contribution in [2.75, 3.05) is 41.0 Å². The number of fused-ring (bicyclic) bond motifs is 3. The third-order valence-electron chi connectivity index (χ3n) is 4.68. The van der Waals surface area contributed by atoms with Crippen molar-refractivity contribution in [3.05, 3.63) is 23.8 Å². The number of hydrogen-bond acceptors (Lipinski definition) is 5. The zero-order chi connectivity index (χ0) is 15.3. The standard InChI is InChI=1S/C15H18N2O4S/c18-9-14-13-8-10-7-11(16-3-5-22(20)6-4-16)1-2-12(10)17(13)15(19)21-14/h1-2,7,13-14,18H,3-6,8-9H2/t13-,14-/m0/s1. The predicted molar refractivity (Wildman–Crippen MR) is 83.9 cm³/mol. The van der Waals surface area contributed by atoms with Gasteiger partial charge in [0.15, 0.2) is 0 Å². The van der Waals surface area contributed by atoms with Gasteiger partial charge in [0, 0.05) is 41.1 Å². The van der Waals surface area contributed by atoms with E-state index in [1.807, 2.05) is 12.1 Å². The molecule has 0 saturated carbocycles. The Morgan fingerprint density at radius 2 is 2.09 bits per heavy atom. The number of anilines is 2. The summed E-state index contributed by atoms with van der Waals surface area (Å²) in [6.45, 7) is 1.46. The van der Waals surface area contributed by atoms with Crippen molar-refractivity contribution in [3.63, 3.8) is 0 Å². The molecule has 1 amide bonds. The Kier molecular flexibility index (Phi) is 3.34. The van der Waals surface area contributed by atoms with Gasteiger partial charge in [-0.2, -0.15) is 0 Å². The molecule has 4 rings (SSSR count). The fourth-order valence-electron chi connectivity index (χ4n) is 3.51. The molecule has 2 saturated heterocycles. The molecule has 118 valence electrons. The molecule has 6 nitrogen and oxygen atoms in total. The molecule has 0 aromatic heterocycles. The van der Waals surface area contributed by atoms with Gasteiger partial charge in [0.05, 0.1) is 18.3 Å². The van der Waals surface area contributed by atoms with Gasteiger partial charge >= 0.3 is 6.09 Å². The molecular weight excluding hydrogens is 304 g/mol. The van der Waals surface area contributed by atoms with Crippen LogP contribution >= 0.6 is 0 Å². The molecule has 1 aromatic carbocycles. The third-order valence-corrected chi connectivity index (χ3v) is 5.96.